The number of aromatic nitrogens is 4. The van der Waals surface area contributed by atoms with Crippen LogP contribution in [0.1, 0.15) is 5.56 Å². The summed E-state index contributed by atoms with van der Waals surface area (Å²) in [5.74, 6) is 0.789. The van der Waals surface area contributed by atoms with E-state index in [0.29, 0.717) is 17.3 Å². The lowest BCUT2D eigenvalue weighted by atomic mass is 10.3. The van der Waals surface area contributed by atoms with Crippen LogP contribution in [-0.2, 0) is 6.54 Å². The van der Waals surface area contributed by atoms with E-state index in [0.717, 1.165) is 15.9 Å². The molecule has 0 aliphatic carbocycles. The molecule has 0 unspecified atom stereocenters. The lowest BCUT2D eigenvalue weighted by molar-refractivity contribution is 0.925. The smallest absolute Gasteiger partial charge is 0.173 e. The third-order valence-electron chi connectivity index (χ3n) is 2.62. The van der Waals surface area contributed by atoms with E-state index in [1.807, 2.05) is 12.1 Å². The maximum absolute atomic E-state index is 6.01. The zero-order valence-electron chi connectivity index (χ0n) is 9.72. The molecule has 0 aromatic carbocycles. The number of hydrogen-bond donors (Lipinski definition) is 1. The summed E-state index contributed by atoms with van der Waals surface area (Å²) in [6.07, 6.45) is 5.21. The highest BCUT2D eigenvalue weighted by atomic mass is 79.9. The average Bonchev–Trinajstić information content (AvgIpc) is 2.79. The van der Waals surface area contributed by atoms with Crippen LogP contribution in [-0.4, -0.2) is 19.6 Å². The Balaban J connectivity index is 1.92. The number of pyridine rings is 1. The number of hydrogen-bond acceptors (Lipinski definition) is 4. The Bertz CT molecular complexity index is 713. The molecular weight excluding hydrogens is 330 g/mol. The largest absolute Gasteiger partial charge is 0.366 e. The van der Waals surface area contributed by atoms with Crippen molar-refractivity contribution in [1.82, 2.24) is 19.6 Å². The van der Waals surface area contributed by atoms with Crippen molar-refractivity contribution in [3.05, 3.63) is 52.0 Å². The lowest BCUT2D eigenvalue weighted by Crippen LogP contribution is -2.06. The molecule has 0 saturated carbocycles. The van der Waals surface area contributed by atoms with Crippen LogP contribution < -0.4 is 5.32 Å². The average molecular weight is 339 g/mol. The Labute approximate surface area is 122 Å². The molecule has 7 heteroatoms. The summed E-state index contributed by atoms with van der Waals surface area (Å²) < 4.78 is 2.51. The van der Waals surface area contributed by atoms with Gasteiger partial charge < -0.3 is 5.32 Å². The van der Waals surface area contributed by atoms with Crippen LogP contribution in [0.15, 0.2) is 41.3 Å². The van der Waals surface area contributed by atoms with Crippen LogP contribution in [0.3, 0.4) is 0 Å². The summed E-state index contributed by atoms with van der Waals surface area (Å²) in [5, 5.41) is 7.95. The summed E-state index contributed by atoms with van der Waals surface area (Å²) in [5.41, 5.74) is 1.81. The van der Waals surface area contributed by atoms with E-state index in [-0.39, 0.29) is 0 Å². The molecule has 0 bridgehead atoms. The van der Waals surface area contributed by atoms with Gasteiger partial charge in [-0.05, 0) is 33.6 Å². The monoisotopic (exact) mass is 337 g/mol. The summed E-state index contributed by atoms with van der Waals surface area (Å²) in [4.78, 5) is 8.20. The fourth-order valence-electron chi connectivity index (χ4n) is 1.73. The molecule has 0 aliphatic heterocycles. The van der Waals surface area contributed by atoms with E-state index >= 15 is 0 Å². The van der Waals surface area contributed by atoms with Crippen molar-refractivity contribution in [2.24, 2.45) is 0 Å². The minimum atomic E-state index is 0.422. The van der Waals surface area contributed by atoms with Crippen molar-refractivity contribution in [2.75, 3.05) is 5.32 Å². The van der Waals surface area contributed by atoms with Crippen molar-refractivity contribution < 1.29 is 0 Å². The Morgan fingerprint density at radius 3 is 2.89 bits per heavy atom. The molecule has 19 heavy (non-hydrogen) atoms. The Kier molecular flexibility index (Phi) is 3.35. The van der Waals surface area contributed by atoms with Crippen LogP contribution >= 0.6 is 27.5 Å². The molecule has 0 amide bonds. The van der Waals surface area contributed by atoms with E-state index in [4.69, 9.17) is 11.6 Å². The van der Waals surface area contributed by atoms with Gasteiger partial charge in [0, 0.05) is 25.0 Å². The molecule has 96 valence electrons. The number of nitrogens with one attached hydrogen (secondary N) is 1. The van der Waals surface area contributed by atoms with Gasteiger partial charge in [-0.1, -0.05) is 11.6 Å². The first-order chi connectivity index (χ1) is 9.24. The number of rotatable bonds is 3. The van der Waals surface area contributed by atoms with Gasteiger partial charge >= 0.3 is 0 Å². The van der Waals surface area contributed by atoms with Crippen LogP contribution in [0.2, 0.25) is 5.15 Å². The van der Waals surface area contributed by atoms with Gasteiger partial charge in [-0.15, -0.1) is 0 Å². The second-order valence-corrected chi connectivity index (χ2v) is 5.14. The molecule has 3 rings (SSSR count). The Morgan fingerprint density at radius 1 is 1.32 bits per heavy atom. The van der Waals surface area contributed by atoms with E-state index in [1.165, 1.54) is 0 Å². The normalized spacial score (nSPS) is 10.8. The van der Waals surface area contributed by atoms with Crippen LogP contribution in [0.25, 0.3) is 5.65 Å². The zero-order valence-corrected chi connectivity index (χ0v) is 12.1. The summed E-state index contributed by atoms with van der Waals surface area (Å²) in [6.45, 7) is 0.662. The van der Waals surface area contributed by atoms with Gasteiger partial charge in [0.05, 0.1) is 10.7 Å². The van der Waals surface area contributed by atoms with E-state index in [1.54, 1.807) is 29.2 Å². The maximum atomic E-state index is 6.01. The molecule has 3 heterocycles. The molecule has 0 atom stereocenters. The highest BCUT2D eigenvalue weighted by molar-refractivity contribution is 9.10. The highest BCUT2D eigenvalue weighted by Crippen LogP contribution is 2.22. The first kappa shape index (κ1) is 12.4. The molecule has 0 fully saturated rings. The van der Waals surface area contributed by atoms with Gasteiger partial charge in [0.1, 0.15) is 11.0 Å². The summed E-state index contributed by atoms with van der Waals surface area (Å²) in [6, 6.07) is 5.65. The summed E-state index contributed by atoms with van der Waals surface area (Å²) in [7, 11) is 0. The van der Waals surface area contributed by atoms with Crippen molar-refractivity contribution >= 4 is 39.0 Å². The molecule has 5 nitrogen and oxygen atoms in total. The van der Waals surface area contributed by atoms with E-state index in [9.17, 15) is 0 Å². The van der Waals surface area contributed by atoms with Crippen molar-refractivity contribution in [3.8, 4) is 0 Å². The SMILES string of the molecule is Clc1cc(NCc2ccncc2)n2ncc(Br)c2n1. The standard InChI is InChI=1S/C12H9BrClN5/c13-9-7-17-19-11(5-10(14)18-12(9)19)16-6-8-1-3-15-4-2-8/h1-5,7,16H,6H2. The minimum absolute atomic E-state index is 0.422. The third kappa shape index (κ3) is 2.54. The van der Waals surface area contributed by atoms with Crippen molar-refractivity contribution in [1.29, 1.82) is 0 Å². The topological polar surface area (TPSA) is 55.1 Å². The minimum Gasteiger partial charge on any atom is -0.366 e. The number of anilines is 1. The first-order valence-corrected chi connectivity index (χ1v) is 6.74. The highest BCUT2D eigenvalue weighted by Gasteiger charge is 2.08. The maximum Gasteiger partial charge on any atom is 0.173 e. The molecule has 3 aromatic heterocycles. The molecule has 0 radical (unpaired) electrons. The number of nitrogens with zero attached hydrogens (tertiary/aromatic N) is 4. The quantitative estimate of drug-likeness (QED) is 0.745. The Morgan fingerprint density at radius 2 is 2.11 bits per heavy atom. The second kappa shape index (κ2) is 5.14. The van der Waals surface area contributed by atoms with Crippen LogP contribution in [0.5, 0.6) is 0 Å². The van der Waals surface area contributed by atoms with E-state index < -0.39 is 0 Å². The van der Waals surface area contributed by atoms with Gasteiger partial charge in [0.2, 0.25) is 0 Å². The van der Waals surface area contributed by atoms with Crippen molar-refractivity contribution in [3.63, 3.8) is 0 Å². The predicted octanol–water partition coefficient (Wildman–Crippen LogP) is 3.15. The molecule has 1 N–H and O–H groups in total. The van der Waals surface area contributed by atoms with Gasteiger partial charge in [-0.2, -0.15) is 9.61 Å². The van der Waals surface area contributed by atoms with Crippen LogP contribution in [0, 0.1) is 0 Å². The van der Waals surface area contributed by atoms with E-state index in [2.05, 4.69) is 36.3 Å². The molecule has 0 spiro atoms. The third-order valence-corrected chi connectivity index (χ3v) is 3.37. The molecular formula is C12H9BrClN5. The van der Waals surface area contributed by atoms with Gasteiger partial charge in [-0.25, -0.2) is 4.98 Å². The summed E-state index contributed by atoms with van der Waals surface area (Å²) >= 11 is 9.40. The first-order valence-electron chi connectivity index (χ1n) is 5.56. The molecule has 3 aromatic rings. The number of halogens is 2. The number of fused-ring (bicyclic) bond motifs is 1. The van der Waals surface area contributed by atoms with Crippen LogP contribution in [0.4, 0.5) is 5.82 Å². The predicted molar refractivity (Wildman–Crippen MR) is 77.3 cm³/mol. The fourth-order valence-corrected chi connectivity index (χ4v) is 2.26. The second-order valence-electron chi connectivity index (χ2n) is 3.90. The van der Waals surface area contributed by atoms with Crippen molar-refractivity contribution in [2.45, 2.75) is 6.54 Å². The molecule has 0 saturated heterocycles. The lowest BCUT2D eigenvalue weighted by Gasteiger charge is -2.08. The molecule has 0 aliphatic rings. The Hall–Kier alpha value is -1.66. The van der Waals surface area contributed by atoms with Gasteiger partial charge in [-0.3, -0.25) is 4.98 Å². The zero-order chi connectivity index (χ0) is 13.2. The van der Waals surface area contributed by atoms with Gasteiger partial charge in [0.15, 0.2) is 5.65 Å². The van der Waals surface area contributed by atoms with Gasteiger partial charge in [0.25, 0.3) is 0 Å². The fraction of sp³-hybridized carbons (Fsp3) is 0.0833.